The van der Waals surface area contributed by atoms with E-state index in [9.17, 15) is 23.2 Å². The van der Waals surface area contributed by atoms with E-state index < -0.39 is 47.4 Å². The van der Waals surface area contributed by atoms with E-state index in [4.69, 9.17) is 9.47 Å². The van der Waals surface area contributed by atoms with Gasteiger partial charge in [-0.1, -0.05) is 0 Å². The van der Waals surface area contributed by atoms with Crippen LogP contribution in [-0.4, -0.2) is 35.1 Å². The molecule has 172 valence electrons. The fraction of sp³-hybridized carbons (Fsp3) is 0.348. The maximum Gasteiger partial charge on any atom is 0.325 e. The number of nitrogens with zero attached hydrogens (tertiary/aromatic N) is 1. The van der Waals surface area contributed by atoms with Crippen molar-refractivity contribution in [3.63, 3.8) is 0 Å². The molecule has 3 aliphatic rings. The summed E-state index contributed by atoms with van der Waals surface area (Å²) >= 11 is 0. The summed E-state index contributed by atoms with van der Waals surface area (Å²) in [6.07, 6.45) is 3.62. The summed E-state index contributed by atoms with van der Waals surface area (Å²) in [4.78, 5) is 38.6. The third-order valence-electron chi connectivity index (χ3n) is 6.23. The van der Waals surface area contributed by atoms with Crippen molar-refractivity contribution in [3.05, 3.63) is 53.6 Å². The lowest BCUT2D eigenvalue weighted by Gasteiger charge is -2.22. The minimum absolute atomic E-state index is 0.319. The van der Waals surface area contributed by atoms with Gasteiger partial charge in [0.25, 0.3) is 11.7 Å². The van der Waals surface area contributed by atoms with E-state index in [0.29, 0.717) is 22.1 Å². The second-order valence-electron chi connectivity index (χ2n) is 8.60. The van der Waals surface area contributed by atoms with Crippen molar-refractivity contribution in [2.75, 3.05) is 11.9 Å². The number of ether oxygens (including phenoxy) is 2. The van der Waals surface area contributed by atoms with Crippen molar-refractivity contribution in [2.45, 2.75) is 43.9 Å². The lowest BCUT2D eigenvalue weighted by Crippen LogP contribution is -2.42. The number of halogens is 2. The quantitative estimate of drug-likeness (QED) is 0.686. The molecule has 2 aliphatic heterocycles. The van der Waals surface area contributed by atoms with Crippen LogP contribution in [0, 0.1) is 11.6 Å². The predicted molar refractivity (Wildman–Crippen MR) is 111 cm³/mol. The Morgan fingerprint density at radius 1 is 1.09 bits per heavy atom. The molecule has 5 rings (SSSR count). The summed E-state index contributed by atoms with van der Waals surface area (Å²) in [5, 5.41) is 4.98. The van der Waals surface area contributed by atoms with E-state index in [1.165, 1.54) is 6.92 Å². The summed E-state index contributed by atoms with van der Waals surface area (Å²) in [6.45, 7) is 0.662. The zero-order valence-electron chi connectivity index (χ0n) is 17.7. The van der Waals surface area contributed by atoms with Crippen LogP contribution in [-0.2, 0) is 15.1 Å². The number of hydrogen-bond acceptors (Lipinski definition) is 5. The molecule has 2 N–H and O–H groups in total. The Balaban J connectivity index is 1.28. The number of amides is 4. The molecule has 1 saturated heterocycles. The van der Waals surface area contributed by atoms with Crippen LogP contribution in [0.25, 0.3) is 0 Å². The summed E-state index contributed by atoms with van der Waals surface area (Å²) in [5.74, 6) is -2.64. The fourth-order valence-corrected chi connectivity index (χ4v) is 4.54. The summed E-state index contributed by atoms with van der Waals surface area (Å²) < 4.78 is 39.8. The molecule has 1 aliphatic carbocycles. The molecule has 1 spiro atoms. The van der Waals surface area contributed by atoms with Gasteiger partial charge in [-0.2, -0.15) is 0 Å². The summed E-state index contributed by atoms with van der Waals surface area (Å²) in [5.41, 5.74) is -1.75. The first kappa shape index (κ1) is 21.2. The minimum Gasteiger partial charge on any atom is -0.448 e. The Morgan fingerprint density at radius 3 is 2.58 bits per heavy atom. The SMILES string of the molecule is C[C@@]1(c2cc(F)ccc2F)NC(=O)N(CC(=O)Nc2ccc3c(c2)OC2(CCCC2)O3)C1=O. The van der Waals surface area contributed by atoms with Crippen LogP contribution >= 0.6 is 0 Å². The van der Waals surface area contributed by atoms with Gasteiger partial charge in [0.15, 0.2) is 11.5 Å². The maximum atomic E-state index is 14.3. The van der Waals surface area contributed by atoms with Crippen LogP contribution in [0.15, 0.2) is 36.4 Å². The predicted octanol–water partition coefficient (Wildman–Crippen LogP) is 3.41. The molecule has 1 atom stereocenters. The highest BCUT2D eigenvalue weighted by molar-refractivity contribution is 6.10. The Bertz CT molecular complexity index is 1180. The molecule has 0 bridgehead atoms. The Morgan fingerprint density at radius 2 is 1.82 bits per heavy atom. The van der Waals surface area contributed by atoms with Gasteiger partial charge in [0.05, 0.1) is 0 Å². The standard InChI is InChI=1S/C23H21F2N3O5/c1-22(15-10-13(24)4-6-16(15)25)20(30)28(21(31)27-22)12-19(29)26-14-5-7-17-18(11-14)33-23(32-17)8-2-3-9-23/h4-7,10-11H,2-3,8-9,12H2,1H3,(H,26,29)(H,27,31)/t22-/m0/s1. The van der Waals surface area contributed by atoms with Crippen molar-refractivity contribution in [3.8, 4) is 11.5 Å². The first-order valence-electron chi connectivity index (χ1n) is 10.6. The van der Waals surface area contributed by atoms with E-state index >= 15 is 0 Å². The molecule has 33 heavy (non-hydrogen) atoms. The third-order valence-corrected chi connectivity index (χ3v) is 6.23. The van der Waals surface area contributed by atoms with Gasteiger partial charge < -0.3 is 20.1 Å². The van der Waals surface area contributed by atoms with Crippen LogP contribution in [0.5, 0.6) is 11.5 Å². The molecule has 0 radical (unpaired) electrons. The molecule has 2 aromatic rings. The average Bonchev–Trinajstić information content (AvgIpc) is 3.43. The smallest absolute Gasteiger partial charge is 0.325 e. The molecule has 0 aromatic heterocycles. The molecule has 2 fully saturated rings. The molecule has 2 aromatic carbocycles. The van der Waals surface area contributed by atoms with Crippen molar-refractivity contribution in [1.82, 2.24) is 10.2 Å². The average molecular weight is 457 g/mol. The van der Waals surface area contributed by atoms with E-state index in [0.717, 1.165) is 43.9 Å². The van der Waals surface area contributed by atoms with E-state index in [2.05, 4.69) is 10.6 Å². The number of rotatable bonds is 4. The number of fused-ring (bicyclic) bond motifs is 1. The number of carbonyl (C=O) groups excluding carboxylic acids is 3. The van der Waals surface area contributed by atoms with Crippen molar-refractivity contribution < 1.29 is 32.6 Å². The molecule has 8 nitrogen and oxygen atoms in total. The van der Waals surface area contributed by atoms with Gasteiger partial charge in [0.2, 0.25) is 5.91 Å². The van der Waals surface area contributed by atoms with Crippen LogP contribution in [0.4, 0.5) is 19.3 Å². The number of carbonyl (C=O) groups is 3. The normalized spacial score (nSPS) is 22.7. The first-order valence-corrected chi connectivity index (χ1v) is 10.6. The van der Waals surface area contributed by atoms with Crippen molar-refractivity contribution in [1.29, 1.82) is 0 Å². The number of benzene rings is 2. The lowest BCUT2D eigenvalue weighted by atomic mass is 9.91. The second kappa shape index (κ2) is 7.43. The highest BCUT2D eigenvalue weighted by Gasteiger charge is 2.51. The van der Waals surface area contributed by atoms with Crippen LogP contribution in [0.3, 0.4) is 0 Å². The molecular weight excluding hydrogens is 436 g/mol. The summed E-state index contributed by atoms with van der Waals surface area (Å²) in [6, 6.07) is 6.70. The largest absolute Gasteiger partial charge is 0.448 e. The van der Waals surface area contributed by atoms with E-state index in [1.54, 1.807) is 18.2 Å². The molecule has 2 heterocycles. The van der Waals surface area contributed by atoms with Crippen molar-refractivity contribution in [2.24, 2.45) is 0 Å². The lowest BCUT2D eigenvalue weighted by molar-refractivity contribution is -0.133. The molecule has 4 amide bonds. The molecule has 10 heteroatoms. The summed E-state index contributed by atoms with van der Waals surface area (Å²) in [7, 11) is 0. The third kappa shape index (κ3) is 3.55. The van der Waals surface area contributed by atoms with Crippen LogP contribution in [0.2, 0.25) is 0 Å². The number of urea groups is 1. The highest BCUT2D eigenvalue weighted by Crippen LogP contribution is 2.47. The number of hydrogen-bond donors (Lipinski definition) is 2. The minimum atomic E-state index is -1.84. The molecule has 0 unspecified atom stereocenters. The number of nitrogens with one attached hydrogen (secondary N) is 2. The Hall–Kier alpha value is -3.69. The second-order valence-corrected chi connectivity index (χ2v) is 8.60. The van der Waals surface area contributed by atoms with Gasteiger partial charge in [-0.15, -0.1) is 0 Å². The Labute approximate surface area is 187 Å². The van der Waals surface area contributed by atoms with E-state index in [-0.39, 0.29) is 5.56 Å². The van der Waals surface area contributed by atoms with Gasteiger partial charge in [-0.05, 0) is 50.1 Å². The van der Waals surface area contributed by atoms with Crippen LogP contribution in [0.1, 0.15) is 38.2 Å². The van der Waals surface area contributed by atoms with Gasteiger partial charge in [-0.3, -0.25) is 14.5 Å². The van der Waals surface area contributed by atoms with E-state index in [1.807, 2.05) is 0 Å². The monoisotopic (exact) mass is 457 g/mol. The number of imide groups is 1. The van der Waals surface area contributed by atoms with Gasteiger partial charge in [-0.25, -0.2) is 13.6 Å². The molecular formula is C23H21F2N3O5. The van der Waals surface area contributed by atoms with Gasteiger partial charge in [0, 0.05) is 30.2 Å². The fourth-order valence-electron chi connectivity index (χ4n) is 4.54. The van der Waals surface area contributed by atoms with Crippen molar-refractivity contribution >= 4 is 23.5 Å². The topological polar surface area (TPSA) is 97.0 Å². The zero-order valence-corrected chi connectivity index (χ0v) is 17.7. The highest BCUT2D eigenvalue weighted by atomic mass is 19.1. The Kier molecular flexibility index (Phi) is 4.77. The zero-order chi connectivity index (χ0) is 23.4. The van der Waals surface area contributed by atoms with Gasteiger partial charge in [0.1, 0.15) is 23.7 Å². The first-order chi connectivity index (χ1) is 15.7. The van der Waals surface area contributed by atoms with Crippen LogP contribution < -0.4 is 20.1 Å². The number of anilines is 1. The van der Waals surface area contributed by atoms with Gasteiger partial charge >= 0.3 is 6.03 Å². The maximum absolute atomic E-state index is 14.3. The molecule has 1 saturated carbocycles.